The molecule has 0 amide bonds. The monoisotopic (exact) mass is 169 g/mol. The smallest absolute Gasteiger partial charge is 0.334 e. The van der Waals surface area contributed by atoms with Crippen LogP contribution in [0.1, 0.15) is 0 Å². The maximum absolute atomic E-state index is 10.9. The molecule has 1 rings (SSSR count). The molecule has 0 aliphatic rings. The molecule has 2 N–H and O–H groups in total. The van der Waals surface area contributed by atoms with Crippen LogP contribution < -0.4 is 10.9 Å². The van der Waals surface area contributed by atoms with Gasteiger partial charge in [0.2, 0.25) is 0 Å². The quantitative estimate of drug-likeness (QED) is 0.493. The van der Waals surface area contributed by atoms with Gasteiger partial charge in [-0.3, -0.25) is 14.9 Å². The Morgan fingerprint density at radius 2 is 2.25 bits per heavy atom. The highest BCUT2D eigenvalue weighted by molar-refractivity contribution is 5.39. The van der Waals surface area contributed by atoms with Gasteiger partial charge in [-0.2, -0.15) is 0 Å². The maximum atomic E-state index is 10.9. The van der Waals surface area contributed by atoms with Crippen LogP contribution in [0.15, 0.2) is 16.9 Å². The van der Waals surface area contributed by atoms with Crippen molar-refractivity contribution < 1.29 is 4.92 Å². The molecule has 0 aromatic carbocycles. The number of nitrogens with zero attached hydrogens (tertiary/aromatic N) is 1. The molecule has 12 heavy (non-hydrogen) atoms. The van der Waals surface area contributed by atoms with Crippen LogP contribution in [0.3, 0.4) is 0 Å². The Morgan fingerprint density at radius 1 is 1.58 bits per heavy atom. The maximum Gasteiger partial charge on any atom is 0.334 e. The van der Waals surface area contributed by atoms with Crippen molar-refractivity contribution in [2.75, 3.05) is 12.4 Å². The molecule has 0 bridgehead atoms. The lowest BCUT2D eigenvalue weighted by molar-refractivity contribution is -0.386. The van der Waals surface area contributed by atoms with E-state index in [0.717, 1.165) is 6.07 Å². The van der Waals surface area contributed by atoms with Gasteiger partial charge in [-0.1, -0.05) is 0 Å². The lowest BCUT2D eigenvalue weighted by atomic mass is 10.4. The molecule has 1 aromatic heterocycles. The summed E-state index contributed by atoms with van der Waals surface area (Å²) in [5.74, 6) is 0.450. The molecule has 0 atom stereocenters. The molecular formula is C6H7N3O3. The highest BCUT2D eigenvalue weighted by Gasteiger charge is 2.10. The van der Waals surface area contributed by atoms with Gasteiger partial charge in [0.25, 0.3) is 0 Å². The molecule has 0 radical (unpaired) electrons. The van der Waals surface area contributed by atoms with Gasteiger partial charge in [0.15, 0.2) is 0 Å². The van der Waals surface area contributed by atoms with Crippen LogP contribution >= 0.6 is 0 Å². The fourth-order valence-electron chi connectivity index (χ4n) is 0.756. The number of aromatic amines is 1. The average Bonchev–Trinajstić information content (AvgIpc) is 2.03. The number of rotatable bonds is 2. The highest BCUT2D eigenvalue weighted by Crippen LogP contribution is 2.05. The second kappa shape index (κ2) is 3.04. The average molecular weight is 169 g/mol. The van der Waals surface area contributed by atoms with Crippen molar-refractivity contribution in [2.24, 2.45) is 0 Å². The number of hydrogen-bond donors (Lipinski definition) is 2. The molecule has 0 aliphatic carbocycles. The number of H-pyrrole nitrogens is 1. The minimum atomic E-state index is -0.724. The molecule has 0 saturated carbocycles. The van der Waals surface area contributed by atoms with E-state index in [4.69, 9.17) is 0 Å². The van der Waals surface area contributed by atoms with E-state index >= 15 is 0 Å². The van der Waals surface area contributed by atoms with Gasteiger partial charge in [0, 0.05) is 13.1 Å². The molecule has 6 heteroatoms. The van der Waals surface area contributed by atoms with E-state index in [1.165, 1.54) is 6.07 Å². The van der Waals surface area contributed by atoms with E-state index in [-0.39, 0.29) is 0 Å². The summed E-state index contributed by atoms with van der Waals surface area (Å²) in [5, 5.41) is 12.8. The minimum absolute atomic E-state index is 0.450. The summed E-state index contributed by atoms with van der Waals surface area (Å²) in [4.78, 5) is 22.7. The van der Waals surface area contributed by atoms with E-state index in [1.807, 2.05) is 0 Å². The summed E-state index contributed by atoms with van der Waals surface area (Å²) in [6.07, 6.45) is 0. The predicted molar refractivity (Wildman–Crippen MR) is 43.3 cm³/mol. The Morgan fingerprint density at radius 3 is 2.67 bits per heavy atom. The van der Waals surface area contributed by atoms with Crippen LogP contribution in [0, 0.1) is 10.1 Å². The van der Waals surface area contributed by atoms with Crippen molar-refractivity contribution in [3.8, 4) is 0 Å². The first-order chi connectivity index (χ1) is 5.65. The Labute approximate surface area is 67.4 Å². The van der Waals surface area contributed by atoms with Crippen molar-refractivity contribution in [3.05, 3.63) is 32.6 Å². The molecule has 0 spiro atoms. The molecule has 6 nitrogen and oxygen atoms in total. The van der Waals surface area contributed by atoms with Crippen LogP contribution in [0.2, 0.25) is 0 Å². The van der Waals surface area contributed by atoms with E-state index in [9.17, 15) is 14.9 Å². The summed E-state index contributed by atoms with van der Waals surface area (Å²) in [5.41, 5.74) is -1.15. The van der Waals surface area contributed by atoms with Crippen LogP contribution in [0.25, 0.3) is 0 Å². The van der Waals surface area contributed by atoms with Crippen molar-refractivity contribution in [1.29, 1.82) is 0 Å². The van der Waals surface area contributed by atoms with Gasteiger partial charge in [0.1, 0.15) is 5.82 Å². The van der Waals surface area contributed by atoms with Gasteiger partial charge in [-0.25, -0.2) is 0 Å². The van der Waals surface area contributed by atoms with Crippen molar-refractivity contribution in [2.45, 2.75) is 0 Å². The van der Waals surface area contributed by atoms with Gasteiger partial charge in [-0.15, -0.1) is 0 Å². The molecule has 1 aromatic rings. The zero-order chi connectivity index (χ0) is 9.14. The van der Waals surface area contributed by atoms with E-state index in [0.29, 0.717) is 5.82 Å². The number of pyridine rings is 1. The van der Waals surface area contributed by atoms with Gasteiger partial charge in [0.05, 0.1) is 4.92 Å². The van der Waals surface area contributed by atoms with Crippen molar-refractivity contribution in [1.82, 2.24) is 4.98 Å². The molecule has 1 heterocycles. The lowest BCUT2D eigenvalue weighted by Crippen LogP contribution is -2.12. The molecule has 0 saturated heterocycles. The number of aromatic nitrogens is 1. The zero-order valence-electron chi connectivity index (χ0n) is 6.33. The fourth-order valence-corrected chi connectivity index (χ4v) is 0.756. The fraction of sp³-hybridized carbons (Fsp3) is 0.167. The first kappa shape index (κ1) is 8.25. The third-order valence-electron chi connectivity index (χ3n) is 1.35. The first-order valence-electron chi connectivity index (χ1n) is 3.20. The van der Waals surface area contributed by atoms with E-state index < -0.39 is 16.2 Å². The minimum Gasteiger partial charge on any atom is -0.375 e. The molecule has 0 aliphatic heterocycles. The van der Waals surface area contributed by atoms with Crippen LogP contribution in [-0.2, 0) is 0 Å². The molecule has 64 valence electrons. The largest absolute Gasteiger partial charge is 0.375 e. The number of nitro groups is 1. The highest BCUT2D eigenvalue weighted by atomic mass is 16.6. The zero-order valence-corrected chi connectivity index (χ0v) is 6.33. The Hall–Kier alpha value is -1.85. The molecule has 0 unspecified atom stereocenters. The van der Waals surface area contributed by atoms with Crippen LogP contribution in [0.4, 0.5) is 11.5 Å². The Balaban J connectivity index is 3.21. The summed E-state index contributed by atoms with van der Waals surface area (Å²) < 4.78 is 0. The summed E-state index contributed by atoms with van der Waals surface area (Å²) in [7, 11) is 1.61. The lowest BCUT2D eigenvalue weighted by Gasteiger charge is -1.96. The predicted octanol–water partition coefficient (Wildman–Crippen LogP) is 0.325. The van der Waals surface area contributed by atoms with E-state index in [1.54, 1.807) is 7.05 Å². The van der Waals surface area contributed by atoms with Crippen molar-refractivity contribution in [3.63, 3.8) is 0 Å². The first-order valence-corrected chi connectivity index (χ1v) is 3.20. The number of anilines is 1. The normalized spacial score (nSPS) is 9.42. The van der Waals surface area contributed by atoms with Gasteiger partial charge >= 0.3 is 11.2 Å². The van der Waals surface area contributed by atoms with Crippen LogP contribution in [0.5, 0.6) is 0 Å². The third kappa shape index (κ3) is 1.42. The topological polar surface area (TPSA) is 88.0 Å². The second-order valence-corrected chi connectivity index (χ2v) is 2.09. The number of hydrogen-bond acceptors (Lipinski definition) is 4. The summed E-state index contributed by atoms with van der Waals surface area (Å²) in [6.45, 7) is 0. The SMILES string of the molecule is CNc1ccc([N+](=O)[O-])c(=O)[nH]1. The summed E-state index contributed by atoms with van der Waals surface area (Å²) in [6, 6.07) is 2.59. The third-order valence-corrected chi connectivity index (χ3v) is 1.35. The van der Waals surface area contributed by atoms with E-state index in [2.05, 4.69) is 10.3 Å². The summed E-state index contributed by atoms with van der Waals surface area (Å²) >= 11 is 0. The Bertz CT molecular complexity index is 357. The number of nitrogens with one attached hydrogen (secondary N) is 2. The molecule has 0 fully saturated rings. The standard InChI is InChI=1S/C6H7N3O3/c1-7-5-3-2-4(9(11)12)6(10)8-5/h2-3H,1H3,(H2,7,8,10). The van der Waals surface area contributed by atoms with Crippen molar-refractivity contribution >= 4 is 11.5 Å². The Kier molecular flexibility index (Phi) is 2.09. The second-order valence-electron chi connectivity index (χ2n) is 2.09. The van der Waals surface area contributed by atoms with Gasteiger partial charge in [-0.05, 0) is 6.07 Å². The van der Waals surface area contributed by atoms with Gasteiger partial charge < -0.3 is 10.3 Å². The molecular weight excluding hydrogens is 162 g/mol. The van der Waals surface area contributed by atoms with Crippen LogP contribution in [-0.4, -0.2) is 17.0 Å².